The highest BCUT2D eigenvalue weighted by Crippen LogP contribution is 2.48. The van der Waals surface area contributed by atoms with Crippen molar-refractivity contribution < 1.29 is 14.4 Å². The van der Waals surface area contributed by atoms with Gasteiger partial charge in [0, 0.05) is 30.8 Å². The molecule has 0 radical (unpaired) electrons. The highest BCUT2D eigenvalue weighted by Gasteiger charge is 2.44. The second-order valence-electron chi connectivity index (χ2n) is 7.79. The lowest BCUT2D eigenvalue weighted by atomic mass is 9.70. The van der Waals surface area contributed by atoms with Crippen LogP contribution in [0.5, 0.6) is 0 Å². The molecule has 0 aromatic heterocycles. The van der Waals surface area contributed by atoms with Crippen LogP contribution < -0.4 is 10.7 Å². The molecule has 146 valence electrons. The standard InChI is InChI=1S/C22H20N4O3/c1-14-10-15-4-2-3-5-18(15)22(14)6-8-25(9-7-22)20(28)17-12-23-19-11-16(13-27)24-26(19)21(17)29/h2-5,10-12,23-24H,6-9H2,1H3. The van der Waals surface area contributed by atoms with Crippen molar-refractivity contribution in [2.75, 3.05) is 13.1 Å². The van der Waals surface area contributed by atoms with Gasteiger partial charge in [0.05, 0.1) is 0 Å². The number of nitrogens with zero attached hydrogens (tertiary/aromatic N) is 2. The summed E-state index contributed by atoms with van der Waals surface area (Å²) in [5, 5.41) is 4.07. The summed E-state index contributed by atoms with van der Waals surface area (Å²) in [6.07, 6.45) is 6.80. The van der Waals surface area contributed by atoms with Crippen LogP contribution in [0.25, 0.3) is 6.08 Å². The minimum atomic E-state index is -0.479. The van der Waals surface area contributed by atoms with Gasteiger partial charge in [0.15, 0.2) is 5.94 Å². The van der Waals surface area contributed by atoms with Gasteiger partial charge in [-0.3, -0.25) is 15.0 Å². The van der Waals surface area contributed by atoms with Crippen LogP contribution in [0, 0.1) is 0 Å². The third-order valence-electron chi connectivity index (χ3n) is 6.40. The first-order valence-corrected chi connectivity index (χ1v) is 9.66. The van der Waals surface area contributed by atoms with Gasteiger partial charge in [-0.25, -0.2) is 9.80 Å². The Labute approximate surface area is 168 Å². The maximum absolute atomic E-state index is 13.1. The number of fused-ring (bicyclic) bond motifs is 3. The number of benzene rings is 1. The van der Waals surface area contributed by atoms with Gasteiger partial charge in [0.2, 0.25) is 0 Å². The molecule has 4 aliphatic rings. The van der Waals surface area contributed by atoms with E-state index in [9.17, 15) is 14.4 Å². The van der Waals surface area contributed by atoms with Gasteiger partial charge in [0.1, 0.15) is 17.1 Å². The second-order valence-corrected chi connectivity index (χ2v) is 7.79. The summed E-state index contributed by atoms with van der Waals surface area (Å²) in [4.78, 5) is 38.4. The Morgan fingerprint density at radius 2 is 1.93 bits per heavy atom. The van der Waals surface area contributed by atoms with Gasteiger partial charge in [-0.15, -0.1) is 0 Å². The van der Waals surface area contributed by atoms with Crippen molar-refractivity contribution in [3.05, 3.63) is 70.3 Å². The van der Waals surface area contributed by atoms with Gasteiger partial charge in [-0.05, 0) is 30.9 Å². The maximum Gasteiger partial charge on any atom is 0.285 e. The summed E-state index contributed by atoms with van der Waals surface area (Å²) in [6.45, 7) is 3.33. The van der Waals surface area contributed by atoms with E-state index in [-0.39, 0.29) is 22.6 Å². The molecule has 3 heterocycles. The minimum Gasteiger partial charge on any atom is -0.345 e. The van der Waals surface area contributed by atoms with Crippen molar-refractivity contribution in [3.63, 3.8) is 0 Å². The average molecular weight is 388 g/mol. The summed E-state index contributed by atoms with van der Waals surface area (Å²) in [6, 6.07) is 8.44. The lowest BCUT2D eigenvalue weighted by Gasteiger charge is -2.42. The molecule has 1 spiro atoms. The number of piperidine rings is 1. The number of hydrogen-bond donors (Lipinski definition) is 2. The highest BCUT2D eigenvalue weighted by molar-refractivity contribution is 6.19. The lowest BCUT2D eigenvalue weighted by molar-refractivity contribution is -0.135. The number of rotatable bonds is 1. The van der Waals surface area contributed by atoms with Crippen LogP contribution >= 0.6 is 0 Å². The molecule has 1 saturated heterocycles. The number of nitrogens with one attached hydrogen (secondary N) is 2. The number of carbonyl (C=O) groups excluding carboxylic acids is 3. The molecular formula is C22H20N4O3. The van der Waals surface area contributed by atoms with Gasteiger partial charge in [0.25, 0.3) is 11.8 Å². The predicted octanol–water partition coefficient (Wildman–Crippen LogP) is 1.35. The summed E-state index contributed by atoms with van der Waals surface area (Å²) in [5.74, 6) is 1.34. The Bertz CT molecular complexity index is 1080. The fraction of sp³-hybridized carbons (Fsp3) is 0.273. The molecular weight excluding hydrogens is 368 g/mol. The number of amides is 2. The molecule has 1 aromatic carbocycles. The Morgan fingerprint density at radius 1 is 1.17 bits per heavy atom. The van der Waals surface area contributed by atoms with E-state index in [0.717, 1.165) is 12.8 Å². The molecule has 7 heteroatoms. The molecule has 2 amide bonds. The number of carbonyl (C=O) groups is 2. The van der Waals surface area contributed by atoms with Crippen LogP contribution in [0.1, 0.15) is 30.9 Å². The zero-order chi connectivity index (χ0) is 20.2. The monoisotopic (exact) mass is 388 g/mol. The summed E-state index contributed by atoms with van der Waals surface area (Å²) in [5.41, 5.74) is 6.75. The van der Waals surface area contributed by atoms with E-state index in [4.69, 9.17) is 0 Å². The first-order chi connectivity index (χ1) is 14.0. The molecule has 0 unspecified atom stereocenters. The first kappa shape index (κ1) is 17.5. The van der Waals surface area contributed by atoms with Crippen molar-refractivity contribution in [3.8, 4) is 0 Å². The van der Waals surface area contributed by atoms with Gasteiger partial charge >= 0.3 is 0 Å². The first-order valence-electron chi connectivity index (χ1n) is 9.66. The van der Waals surface area contributed by atoms with E-state index < -0.39 is 5.91 Å². The fourth-order valence-electron chi connectivity index (χ4n) is 4.78. The van der Waals surface area contributed by atoms with Crippen molar-refractivity contribution in [1.29, 1.82) is 0 Å². The van der Waals surface area contributed by atoms with Crippen LogP contribution in [0.15, 0.2) is 59.2 Å². The molecule has 0 saturated carbocycles. The number of allylic oxidation sites excluding steroid dienone is 2. The number of likely N-dealkylation sites (tertiary alicyclic amines) is 1. The summed E-state index contributed by atoms with van der Waals surface area (Å²) >= 11 is 0. The van der Waals surface area contributed by atoms with E-state index in [2.05, 4.69) is 48.0 Å². The second kappa shape index (κ2) is 6.22. The van der Waals surface area contributed by atoms with E-state index in [1.807, 2.05) is 0 Å². The van der Waals surface area contributed by atoms with E-state index >= 15 is 0 Å². The smallest absolute Gasteiger partial charge is 0.285 e. The largest absolute Gasteiger partial charge is 0.345 e. The van der Waals surface area contributed by atoms with Crippen LogP contribution in [0.3, 0.4) is 0 Å². The fourth-order valence-corrected chi connectivity index (χ4v) is 4.78. The Kier molecular flexibility index (Phi) is 3.76. The third kappa shape index (κ3) is 2.48. The van der Waals surface area contributed by atoms with E-state index in [1.165, 1.54) is 34.0 Å². The van der Waals surface area contributed by atoms with Crippen LogP contribution in [-0.2, 0) is 19.8 Å². The Hall–Kier alpha value is -3.57. The molecule has 2 N–H and O–H groups in total. The normalized spacial score (nSPS) is 21.5. The van der Waals surface area contributed by atoms with Crippen molar-refractivity contribution in [1.82, 2.24) is 20.7 Å². The topological polar surface area (TPSA) is 81.8 Å². The summed E-state index contributed by atoms with van der Waals surface area (Å²) < 4.78 is 0. The predicted molar refractivity (Wildman–Crippen MR) is 106 cm³/mol. The number of hydrazine groups is 1. The van der Waals surface area contributed by atoms with Crippen molar-refractivity contribution in [2.45, 2.75) is 25.2 Å². The molecule has 5 rings (SSSR count). The molecule has 0 bridgehead atoms. The molecule has 1 fully saturated rings. The van der Waals surface area contributed by atoms with Crippen molar-refractivity contribution >= 4 is 23.8 Å². The van der Waals surface area contributed by atoms with Crippen LogP contribution in [-0.4, -0.2) is 40.8 Å². The molecule has 3 aliphatic heterocycles. The Morgan fingerprint density at radius 3 is 2.69 bits per heavy atom. The molecule has 0 atom stereocenters. The van der Waals surface area contributed by atoms with Gasteiger partial charge in [-0.2, -0.15) is 0 Å². The quantitative estimate of drug-likeness (QED) is 0.561. The van der Waals surface area contributed by atoms with Gasteiger partial charge in [-0.1, -0.05) is 35.9 Å². The molecule has 7 nitrogen and oxygen atoms in total. The third-order valence-corrected chi connectivity index (χ3v) is 6.40. The van der Waals surface area contributed by atoms with Crippen LogP contribution in [0.4, 0.5) is 0 Å². The molecule has 1 aliphatic carbocycles. The minimum absolute atomic E-state index is 0.0212. The van der Waals surface area contributed by atoms with Gasteiger partial charge < -0.3 is 10.2 Å². The zero-order valence-corrected chi connectivity index (χ0v) is 16.0. The number of hydrogen-bond acceptors (Lipinski definition) is 5. The van der Waals surface area contributed by atoms with Crippen molar-refractivity contribution in [2.24, 2.45) is 0 Å². The summed E-state index contributed by atoms with van der Waals surface area (Å²) in [7, 11) is 0. The zero-order valence-electron chi connectivity index (χ0n) is 16.0. The molecule has 29 heavy (non-hydrogen) atoms. The average Bonchev–Trinajstić information content (AvgIpc) is 3.29. The van der Waals surface area contributed by atoms with Crippen LogP contribution in [0.2, 0.25) is 0 Å². The Balaban J connectivity index is 1.33. The SMILES string of the molecule is CC1=Cc2ccccc2C12CCN(C(=O)C1=CNC3=CC(=C=O)NN3C1=O)CC2. The maximum atomic E-state index is 13.1. The van der Waals surface area contributed by atoms with E-state index in [0.29, 0.717) is 18.9 Å². The molecule has 1 aromatic rings. The highest BCUT2D eigenvalue weighted by atomic mass is 16.2. The van der Waals surface area contributed by atoms with E-state index in [1.54, 1.807) is 10.8 Å². The lowest BCUT2D eigenvalue weighted by Crippen LogP contribution is -2.50.